The van der Waals surface area contributed by atoms with E-state index in [9.17, 15) is 4.79 Å². The molecule has 0 atom stereocenters. The van der Waals surface area contributed by atoms with Gasteiger partial charge in [-0.05, 0) is 47.9 Å². The molecule has 3 heteroatoms. The zero-order chi connectivity index (χ0) is 15.4. The molecule has 3 nitrogen and oxygen atoms in total. The number of carboxylic acids is 1. The highest BCUT2D eigenvalue weighted by Gasteiger charge is 2.41. The summed E-state index contributed by atoms with van der Waals surface area (Å²) >= 11 is 0. The second kappa shape index (κ2) is 6.32. The van der Waals surface area contributed by atoms with Crippen LogP contribution >= 0.6 is 0 Å². The molecule has 22 heavy (non-hydrogen) atoms. The molecule has 114 valence electrons. The van der Waals surface area contributed by atoms with Crippen molar-refractivity contribution in [1.29, 1.82) is 0 Å². The van der Waals surface area contributed by atoms with Crippen molar-refractivity contribution in [2.75, 3.05) is 6.54 Å². The Kier molecular flexibility index (Phi) is 4.25. The first kappa shape index (κ1) is 14.8. The van der Waals surface area contributed by atoms with Crippen LogP contribution in [0.25, 0.3) is 0 Å². The quantitative estimate of drug-likeness (QED) is 0.822. The Morgan fingerprint density at radius 1 is 1.05 bits per heavy atom. The fourth-order valence-electron chi connectivity index (χ4n) is 2.91. The Balaban J connectivity index is 1.53. The lowest BCUT2D eigenvalue weighted by atomic mass is 9.96. The van der Waals surface area contributed by atoms with Crippen molar-refractivity contribution < 1.29 is 9.90 Å². The topological polar surface area (TPSA) is 49.3 Å². The van der Waals surface area contributed by atoms with Crippen molar-refractivity contribution in [2.45, 2.75) is 25.8 Å². The van der Waals surface area contributed by atoms with Gasteiger partial charge in [0.05, 0.1) is 5.56 Å². The Hall–Kier alpha value is -2.13. The van der Waals surface area contributed by atoms with Crippen molar-refractivity contribution in [2.24, 2.45) is 5.41 Å². The maximum Gasteiger partial charge on any atom is 0.335 e. The second-order valence-corrected chi connectivity index (χ2v) is 6.27. The maximum absolute atomic E-state index is 11.0. The van der Waals surface area contributed by atoms with E-state index < -0.39 is 5.97 Å². The third-order valence-electron chi connectivity index (χ3n) is 4.38. The van der Waals surface area contributed by atoms with E-state index >= 15 is 0 Å². The van der Waals surface area contributed by atoms with Crippen LogP contribution in [0.2, 0.25) is 0 Å². The first-order valence-electron chi connectivity index (χ1n) is 7.74. The van der Waals surface area contributed by atoms with Crippen molar-refractivity contribution in [3.05, 3.63) is 71.3 Å². The van der Waals surface area contributed by atoms with E-state index in [1.165, 1.54) is 18.4 Å². The zero-order valence-electron chi connectivity index (χ0n) is 12.6. The third kappa shape index (κ3) is 3.74. The SMILES string of the molecule is O=C(O)c1cccc(CNCC2(Cc3ccccc3)CC2)c1. The maximum atomic E-state index is 11.0. The molecule has 2 aromatic carbocycles. The lowest BCUT2D eigenvalue weighted by Crippen LogP contribution is -2.25. The van der Waals surface area contributed by atoms with Crippen LogP contribution in [-0.2, 0) is 13.0 Å². The number of carboxylic acid groups (broad SMARTS) is 1. The molecule has 0 amide bonds. The summed E-state index contributed by atoms with van der Waals surface area (Å²) in [6, 6.07) is 17.8. The monoisotopic (exact) mass is 295 g/mol. The summed E-state index contributed by atoms with van der Waals surface area (Å²) in [6.45, 7) is 1.71. The van der Waals surface area contributed by atoms with Crippen LogP contribution in [0.3, 0.4) is 0 Å². The molecule has 0 saturated heterocycles. The zero-order valence-corrected chi connectivity index (χ0v) is 12.6. The largest absolute Gasteiger partial charge is 0.478 e. The van der Waals surface area contributed by atoms with Gasteiger partial charge in [-0.25, -0.2) is 4.79 Å². The fourth-order valence-corrected chi connectivity index (χ4v) is 2.91. The molecule has 1 aliphatic rings. The highest BCUT2D eigenvalue weighted by Crippen LogP contribution is 2.47. The van der Waals surface area contributed by atoms with Crippen molar-refractivity contribution in [1.82, 2.24) is 5.32 Å². The van der Waals surface area contributed by atoms with Gasteiger partial charge in [0.15, 0.2) is 0 Å². The van der Waals surface area contributed by atoms with Gasteiger partial charge in [-0.3, -0.25) is 0 Å². The summed E-state index contributed by atoms with van der Waals surface area (Å²) in [7, 11) is 0. The van der Waals surface area contributed by atoms with Gasteiger partial charge < -0.3 is 10.4 Å². The van der Waals surface area contributed by atoms with Crippen LogP contribution in [0, 0.1) is 5.41 Å². The Morgan fingerprint density at radius 3 is 2.45 bits per heavy atom. The Labute approximate surface area is 131 Å². The number of nitrogens with one attached hydrogen (secondary N) is 1. The molecule has 0 heterocycles. The molecule has 0 aromatic heterocycles. The minimum Gasteiger partial charge on any atom is -0.478 e. The molecular formula is C19H21NO2. The molecule has 0 radical (unpaired) electrons. The normalized spacial score (nSPS) is 15.5. The number of carbonyl (C=O) groups is 1. The second-order valence-electron chi connectivity index (χ2n) is 6.27. The minimum atomic E-state index is -0.871. The predicted octanol–water partition coefficient (Wildman–Crippen LogP) is 3.50. The van der Waals surface area contributed by atoms with E-state index in [0.29, 0.717) is 11.0 Å². The molecule has 0 spiro atoms. The molecule has 0 bridgehead atoms. The van der Waals surface area contributed by atoms with Gasteiger partial charge in [-0.2, -0.15) is 0 Å². The van der Waals surface area contributed by atoms with E-state index in [1.807, 2.05) is 6.07 Å². The van der Waals surface area contributed by atoms with E-state index in [-0.39, 0.29) is 0 Å². The molecule has 0 aliphatic heterocycles. The first-order valence-corrected chi connectivity index (χ1v) is 7.74. The molecule has 1 aliphatic carbocycles. The Morgan fingerprint density at radius 2 is 1.77 bits per heavy atom. The molecule has 2 N–H and O–H groups in total. The summed E-state index contributed by atoms with van der Waals surface area (Å²) in [5.41, 5.74) is 3.17. The van der Waals surface area contributed by atoms with Gasteiger partial charge in [-0.15, -0.1) is 0 Å². The number of benzene rings is 2. The standard InChI is InChI=1S/C19H21NO2/c21-18(22)17-8-4-7-16(11-17)13-20-14-19(9-10-19)12-15-5-2-1-3-6-15/h1-8,11,20H,9-10,12-14H2,(H,21,22). The van der Waals surface area contributed by atoms with Crippen molar-refractivity contribution in [3.8, 4) is 0 Å². The summed E-state index contributed by atoms with van der Waals surface area (Å²) < 4.78 is 0. The van der Waals surface area contributed by atoms with Crippen LogP contribution in [0.4, 0.5) is 0 Å². The van der Waals surface area contributed by atoms with Gasteiger partial charge >= 0.3 is 5.97 Å². The smallest absolute Gasteiger partial charge is 0.335 e. The van der Waals surface area contributed by atoms with E-state index in [1.54, 1.807) is 18.2 Å². The summed E-state index contributed by atoms with van der Waals surface area (Å²) in [4.78, 5) is 11.0. The summed E-state index contributed by atoms with van der Waals surface area (Å²) in [5.74, 6) is -0.871. The summed E-state index contributed by atoms with van der Waals surface area (Å²) in [5, 5.41) is 12.5. The molecule has 1 fully saturated rings. The number of rotatable bonds is 7. The average Bonchev–Trinajstić information content (AvgIpc) is 3.28. The number of hydrogen-bond acceptors (Lipinski definition) is 2. The van der Waals surface area contributed by atoms with Crippen LogP contribution in [0.5, 0.6) is 0 Å². The fraction of sp³-hybridized carbons (Fsp3) is 0.316. The highest BCUT2D eigenvalue weighted by molar-refractivity contribution is 5.87. The molecule has 2 aromatic rings. The lowest BCUT2D eigenvalue weighted by molar-refractivity contribution is 0.0696. The van der Waals surface area contributed by atoms with Crippen LogP contribution < -0.4 is 5.32 Å². The third-order valence-corrected chi connectivity index (χ3v) is 4.38. The van der Waals surface area contributed by atoms with Crippen LogP contribution in [0.15, 0.2) is 54.6 Å². The molecule has 1 saturated carbocycles. The highest BCUT2D eigenvalue weighted by atomic mass is 16.4. The summed E-state index contributed by atoms with van der Waals surface area (Å²) in [6.07, 6.45) is 3.66. The molecule has 3 rings (SSSR count). The van der Waals surface area contributed by atoms with Gasteiger partial charge in [0.1, 0.15) is 0 Å². The van der Waals surface area contributed by atoms with Crippen LogP contribution in [-0.4, -0.2) is 17.6 Å². The van der Waals surface area contributed by atoms with Gasteiger partial charge in [-0.1, -0.05) is 42.5 Å². The Bertz CT molecular complexity index is 647. The minimum absolute atomic E-state index is 0.352. The van der Waals surface area contributed by atoms with Gasteiger partial charge in [0.25, 0.3) is 0 Å². The molecular weight excluding hydrogens is 274 g/mol. The van der Waals surface area contributed by atoms with E-state index in [0.717, 1.165) is 25.1 Å². The van der Waals surface area contributed by atoms with Gasteiger partial charge in [0.2, 0.25) is 0 Å². The first-order chi connectivity index (χ1) is 10.7. The van der Waals surface area contributed by atoms with Crippen molar-refractivity contribution >= 4 is 5.97 Å². The van der Waals surface area contributed by atoms with E-state index in [4.69, 9.17) is 5.11 Å². The predicted molar refractivity (Wildman–Crippen MR) is 86.9 cm³/mol. The lowest BCUT2D eigenvalue weighted by Gasteiger charge is -2.16. The molecule has 0 unspecified atom stereocenters. The van der Waals surface area contributed by atoms with E-state index in [2.05, 4.69) is 35.6 Å². The van der Waals surface area contributed by atoms with Gasteiger partial charge in [0, 0.05) is 13.1 Å². The van der Waals surface area contributed by atoms with Crippen molar-refractivity contribution in [3.63, 3.8) is 0 Å². The number of aromatic carboxylic acids is 1. The van der Waals surface area contributed by atoms with Crippen LogP contribution in [0.1, 0.15) is 34.3 Å². The average molecular weight is 295 g/mol. The number of hydrogen-bond donors (Lipinski definition) is 2.